The number of nitrogens with zero attached hydrogens (tertiary/aromatic N) is 2. The van der Waals surface area contributed by atoms with Gasteiger partial charge in [0.05, 0.1) is 25.1 Å². The highest BCUT2D eigenvalue weighted by Crippen LogP contribution is 2.28. The predicted octanol–water partition coefficient (Wildman–Crippen LogP) is -1.34. The minimum atomic E-state index is -4.70. The third-order valence-corrected chi connectivity index (χ3v) is 13.7. The molecule has 0 spiro atoms. The van der Waals surface area contributed by atoms with Crippen LogP contribution in [0.1, 0.15) is 107 Å². The van der Waals surface area contributed by atoms with Gasteiger partial charge in [-0.1, -0.05) is 46.2 Å². The molecule has 1 aliphatic heterocycles. The number of pyridine rings is 1. The number of hydrogen-bond donors (Lipinski definition) is 12. The first-order chi connectivity index (χ1) is 38.6. The van der Waals surface area contributed by atoms with E-state index in [1.165, 1.54) is 24.3 Å². The molecule has 2 aromatic rings. The highest BCUT2D eigenvalue weighted by Gasteiger charge is 2.37. The van der Waals surface area contributed by atoms with Crippen molar-refractivity contribution >= 4 is 82.6 Å². The highest BCUT2D eigenvalue weighted by atomic mass is 32.2. The molecule has 1 aromatic heterocycles. The standard InChI is InChI=1S/C52H74F3N13O13S/c1-5-29(4)44-50(80)64-34(14-15-39(56)70)47(77)66-38(24-40(57)71)48(78)65-35(16-20-82-21-17-42(73)62-37(49(79)67-44)23-30-8-11-32(69)12-9-30)51(81)68(27-43(74)63-36(22-28(2)3)46(76)61-26-41(58)72)19-7-6-18-59-45(75)33-13-10-31(25-60-33)52(53,54)55/h8-13,25,28-29,34-38,44,69H,5-7,14-24,26-27H2,1-4H3,(H2,56,70)(H2,57,71)(H2,58,72)(H,59,75)(H,61,76)(H,62,73)(H,63,74)(H,64,80)(H,65,78)(H,66,77)(H,67,79)/t29-,34?,35-,36-,37-,38-,44-/m0/s1. The minimum Gasteiger partial charge on any atom is -0.508 e. The van der Waals surface area contributed by atoms with E-state index in [4.69, 9.17) is 17.2 Å². The number of primary amides is 3. The monoisotopic (exact) mass is 1180 g/mol. The van der Waals surface area contributed by atoms with E-state index in [-0.39, 0.29) is 80.5 Å². The molecule has 15 N–H and O–H groups in total. The normalized spacial score (nSPS) is 19.6. The van der Waals surface area contributed by atoms with Crippen LogP contribution in [0.25, 0.3) is 0 Å². The van der Waals surface area contributed by atoms with Gasteiger partial charge in [0.2, 0.25) is 65.0 Å². The van der Waals surface area contributed by atoms with E-state index in [0.717, 1.165) is 22.7 Å². The average molecular weight is 1180 g/mol. The number of alkyl halides is 3. The van der Waals surface area contributed by atoms with Crippen molar-refractivity contribution in [2.45, 2.75) is 134 Å². The molecule has 1 fully saturated rings. The first kappa shape index (κ1) is 68.2. The second kappa shape index (κ2) is 33.6. The number of aromatic nitrogens is 1. The molecule has 7 atom stereocenters. The Kier molecular flexibility index (Phi) is 28.0. The van der Waals surface area contributed by atoms with Crippen LogP contribution in [0, 0.1) is 11.8 Å². The molecule has 1 aromatic carbocycles. The smallest absolute Gasteiger partial charge is 0.417 e. The highest BCUT2D eigenvalue weighted by molar-refractivity contribution is 7.99. The summed E-state index contributed by atoms with van der Waals surface area (Å²) < 4.78 is 39.3. The van der Waals surface area contributed by atoms with Crippen molar-refractivity contribution < 1.29 is 75.8 Å². The quantitative estimate of drug-likeness (QED) is 0.0542. The van der Waals surface area contributed by atoms with Crippen LogP contribution in [0.4, 0.5) is 13.2 Å². The van der Waals surface area contributed by atoms with Gasteiger partial charge < -0.3 is 69.7 Å². The number of halogens is 3. The maximum Gasteiger partial charge on any atom is 0.417 e. The van der Waals surface area contributed by atoms with Crippen molar-refractivity contribution in [2.24, 2.45) is 29.0 Å². The maximum atomic E-state index is 14.9. The number of nitrogens with one attached hydrogen (secondary N) is 8. The third-order valence-electron chi connectivity index (χ3n) is 12.7. The number of carbonyl (C=O) groups is 12. The van der Waals surface area contributed by atoms with Gasteiger partial charge in [-0.25, -0.2) is 0 Å². The predicted molar refractivity (Wildman–Crippen MR) is 291 cm³/mol. The van der Waals surface area contributed by atoms with Crippen LogP contribution in [0.15, 0.2) is 42.6 Å². The maximum absolute atomic E-state index is 14.9. The van der Waals surface area contributed by atoms with Gasteiger partial charge >= 0.3 is 6.18 Å². The molecule has 0 saturated carbocycles. The number of phenols is 1. The van der Waals surface area contributed by atoms with E-state index in [1.54, 1.807) is 27.7 Å². The Hall–Kier alpha value is -8.05. The fourth-order valence-electron chi connectivity index (χ4n) is 8.11. The lowest BCUT2D eigenvalue weighted by Gasteiger charge is -2.30. The lowest BCUT2D eigenvalue weighted by Crippen LogP contribution is -2.61. The molecule has 82 heavy (non-hydrogen) atoms. The summed E-state index contributed by atoms with van der Waals surface area (Å²) in [5.41, 5.74) is 15.3. The molecule has 452 valence electrons. The number of phenolic OH excluding ortho intramolecular Hbond substituents is 1. The molecule has 26 nitrogen and oxygen atoms in total. The van der Waals surface area contributed by atoms with E-state index in [0.29, 0.717) is 24.2 Å². The van der Waals surface area contributed by atoms with Gasteiger partial charge in [-0.15, -0.1) is 0 Å². The van der Waals surface area contributed by atoms with Gasteiger partial charge in [0, 0.05) is 44.3 Å². The molecule has 0 radical (unpaired) electrons. The molecule has 1 unspecified atom stereocenters. The van der Waals surface area contributed by atoms with Crippen molar-refractivity contribution in [1.82, 2.24) is 52.4 Å². The number of amides is 12. The molecule has 0 aliphatic carbocycles. The van der Waals surface area contributed by atoms with Crippen LogP contribution in [0.2, 0.25) is 0 Å². The van der Waals surface area contributed by atoms with Crippen LogP contribution >= 0.6 is 11.8 Å². The summed E-state index contributed by atoms with van der Waals surface area (Å²) in [6.07, 6.45) is -6.04. The Bertz CT molecular complexity index is 2580. The number of hydrogen-bond acceptors (Lipinski definition) is 15. The lowest BCUT2D eigenvalue weighted by molar-refractivity contribution is -0.141. The molecule has 30 heteroatoms. The van der Waals surface area contributed by atoms with Crippen molar-refractivity contribution in [3.63, 3.8) is 0 Å². The summed E-state index contributed by atoms with van der Waals surface area (Å²) in [6.45, 7) is 5.16. The van der Waals surface area contributed by atoms with E-state index in [1.807, 2.05) is 0 Å². The van der Waals surface area contributed by atoms with E-state index >= 15 is 0 Å². The van der Waals surface area contributed by atoms with Gasteiger partial charge in [0.15, 0.2) is 0 Å². The number of unbranched alkanes of at least 4 members (excludes halogenated alkanes) is 1. The Morgan fingerprint density at radius 1 is 0.793 bits per heavy atom. The summed E-state index contributed by atoms with van der Waals surface area (Å²) >= 11 is 1.14. The molecular weight excluding hydrogens is 1100 g/mol. The largest absolute Gasteiger partial charge is 0.508 e. The van der Waals surface area contributed by atoms with E-state index in [9.17, 15) is 75.8 Å². The third kappa shape index (κ3) is 24.4. The van der Waals surface area contributed by atoms with E-state index in [2.05, 4.69) is 47.5 Å². The first-order valence-electron chi connectivity index (χ1n) is 26.5. The summed E-state index contributed by atoms with van der Waals surface area (Å²) in [5.74, 6) is -11.6. The summed E-state index contributed by atoms with van der Waals surface area (Å²) in [7, 11) is 0. The van der Waals surface area contributed by atoms with E-state index < -0.39 is 157 Å². The fourth-order valence-corrected chi connectivity index (χ4v) is 9.05. The number of carbonyl (C=O) groups excluding carboxylic acids is 12. The zero-order valence-electron chi connectivity index (χ0n) is 46.0. The first-order valence-corrected chi connectivity index (χ1v) is 27.6. The molecule has 0 bridgehead atoms. The summed E-state index contributed by atoms with van der Waals surface area (Å²) in [6, 6.07) is -1.57. The zero-order valence-corrected chi connectivity index (χ0v) is 46.8. The number of thioether (sulfide) groups is 1. The van der Waals surface area contributed by atoms with Crippen LogP contribution in [-0.2, 0) is 65.3 Å². The Morgan fingerprint density at radius 3 is 2.05 bits per heavy atom. The fraction of sp³-hybridized carbons (Fsp3) is 0.558. The van der Waals surface area contributed by atoms with Gasteiger partial charge in [-0.2, -0.15) is 24.9 Å². The molecule has 12 amide bonds. The van der Waals surface area contributed by atoms with Gasteiger partial charge in [0.25, 0.3) is 5.91 Å². The topological polar surface area (TPSA) is 415 Å². The Balaban J connectivity index is 2.07. The minimum absolute atomic E-state index is 0.0204. The average Bonchev–Trinajstić information content (AvgIpc) is 3.47. The lowest BCUT2D eigenvalue weighted by atomic mass is 9.96. The number of nitrogens with two attached hydrogens (primary N) is 3. The van der Waals surface area contributed by atoms with Crippen molar-refractivity contribution in [3.8, 4) is 5.75 Å². The Morgan fingerprint density at radius 2 is 1.45 bits per heavy atom. The summed E-state index contributed by atoms with van der Waals surface area (Å²) in [4.78, 5) is 166. The van der Waals surface area contributed by atoms with Gasteiger partial charge in [0.1, 0.15) is 47.7 Å². The van der Waals surface area contributed by atoms with Crippen LogP contribution < -0.4 is 59.7 Å². The second-order valence-corrected chi connectivity index (χ2v) is 21.2. The van der Waals surface area contributed by atoms with Crippen molar-refractivity contribution in [3.05, 3.63) is 59.4 Å². The van der Waals surface area contributed by atoms with Crippen LogP contribution in [0.5, 0.6) is 5.75 Å². The number of rotatable bonds is 24. The molecular formula is C52H74F3N13O13S. The number of benzene rings is 1. The zero-order chi connectivity index (χ0) is 61.3. The van der Waals surface area contributed by atoms with Gasteiger partial charge in [-0.05, 0) is 79.5 Å². The molecule has 3 rings (SSSR count). The number of aromatic hydroxyl groups is 1. The van der Waals surface area contributed by atoms with Gasteiger partial charge in [-0.3, -0.25) is 62.5 Å². The molecule has 1 aliphatic rings. The van der Waals surface area contributed by atoms with Crippen molar-refractivity contribution in [2.75, 3.05) is 37.7 Å². The van der Waals surface area contributed by atoms with Crippen LogP contribution in [0.3, 0.4) is 0 Å². The molecule has 1 saturated heterocycles. The van der Waals surface area contributed by atoms with Crippen molar-refractivity contribution in [1.29, 1.82) is 0 Å². The second-order valence-electron chi connectivity index (χ2n) is 20.0. The summed E-state index contributed by atoms with van der Waals surface area (Å²) in [5, 5.41) is 30.1. The SMILES string of the molecule is CC[C@H](C)[C@@H]1NC(=O)[C@H](Cc2ccc(O)cc2)NC(=O)CCSCC[C@@H](C(=O)N(CCCCNC(=O)c2ccc(C(F)(F)F)cn2)CC(=O)N[C@@H](CC(C)C)C(=O)NCC(N)=O)NC(=O)[C@H](CC(N)=O)NC(=O)C(CCC(N)=O)NC1=O. The molecule has 2 heterocycles. The van der Waals surface area contributed by atoms with Crippen LogP contribution in [-0.4, -0.2) is 160 Å². The Labute approximate surface area is 475 Å².